The van der Waals surface area contributed by atoms with Gasteiger partial charge < -0.3 is 9.84 Å². The van der Waals surface area contributed by atoms with E-state index in [1.807, 2.05) is 66.7 Å². The highest BCUT2D eigenvalue weighted by Crippen LogP contribution is 2.30. The zero-order chi connectivity index (χ0) is 19.9. The Bertz CT molecular complexity index is 969. The Morgan fingerprint density at radius 3 is 2.07 bits per heavy atom. The van der Waals surface area contributed by atoms with Crippen molar-refractivity contribution in [3.63, 3.8) is 0 Å². The largest absolute Gasteiger partial charge is 0.478 e. The van der Waals surface area contributed by atoms with Crippen molar-refractivity contribution in [3.8, 4) is 0 Å². The summed E-state index contributed by atoms with van der Waals surface area (Å²) in [5.41, 5.74) is 3.40. The molecule has 1 amide bonds. The highest BCUT2D eigenvalue weighted by atomic mass is 16.5. The van der Waals surface area contributed by atoms with E-state index in [9.17, 15) is 14.7 Å². The molecule has 5 heteroatoms. The van der Waals surface area contributed by atoms with Crippen LogP contribution in [0.2, 0.25) is 0 Å². The van der Waals surface area contributed by atoms with Gasteiger partial charge in [0.1, 0.15) is 0 Å². The number of rotatable bonds is 6. The monoisotopic (exact) mass is 375 g/mol. The normalized spacial score (nSPS) is 10.3. The fraction of sp³-hybridized carbons (Fsp3) is 0.130. The number of nitrogens with zero attached hydrogens (tertiary/aromatic N) is 1. The van der Waals surface area contributed by atoms with Crippen molar-refractivity contribution >= 4 is 23.4 Å². The molecule has 0 aliphatic carbocycles. The Morgan fingerprint density at radius 1 is 0.821 bits per heavy atom. The maximum Gasteiger partial charge on any atom is 0.418 e. The second-order valence-corrected chi connectivity index (χ2v) is 6.23. The summed E-state index contributed by atoms with van der Waals surface area (Å²) in [6.45, 7) is 0. The first-order valence-electron chi connectivity index (χ1n) is 8.94. The summed E-state index contributed by atoms with van der Waals surface area (Å²) in [4.78, 5) is 25.5. The number of hydrogen-bond donors (Lipinski definition) is 1. The minimum absolute atomic E-state index is 0.299. The van der Waals surface area contributed by atoms with E-state index in [4.69, 9.17) is 4.74 Å². The smallest absolute Gasteiger partial charge is 0.418 e. The zero-order valence-corrected chi connectivity index (χ0v) is 15.5. The van der Waals surface area contributed by atoms with Gasteiger partial charge in [0.25, 0.3) is 0 Å². The van der Waals surface area contributed by atoms with Crippen molar-refractivity contribution in [3.05, 3.63) is 95.6 Å². The lowest BCUT2D eigenvalue weighted by molar-refractivity contribution is 0.0695. The molecule has 1 N–H and O–H groups in total. The van der Waals surface area contributed by atoms with Crippen LogP contribution in [-0.4, -0.2) is 24.3 Å². The minimum Gasteiger partial charge on any atom is -0.478 e. The van der Waals surface area contributed by atoms with Crippen molar-refractivity contribution in [2.45, 2.75) is 12.8 Å². The van der Waals surface area contributed by atoms with E-state index >= 15 is 0 Å². The van der Waals surface area contributed by atoms with Gasteiger partial charge in [0.15, 0.2) is 0 Å². The van der Waals surface area contributed by atoms with Crippen molar-refractivity contribution in [1.82, 2.24) is 0 Å². The van der Waals surface area contributed by atoms with Gasteiger partial charge in [-0.25, -0.2) is 14.5 Å². The molecule has 0 atom stereocenters. The van der Waals surface area contributed by atoms with Crippen LogP contribution >= 0.6 is 0 Å². The summed E-state index contributed by atoms with van der Waals surface area (Å²) in [5, 5.41) is 9.39. The molecule has 0 aliphatic heterocycles. The Hall–Kier alpha value is -3.60. The van der Waals surface area contributed by atoms with Crippen molar-refractivity contribution in [2.24, 2.45) is 0 Å². The molecule has 28 heavy (non-hydrogen) atoms. The van der Waals surface area contributed by atoms with Crippen LogP contribution in [0.4, 0.5) is 16.2 Å². The van der Waals surface area contributed by atoms with Gasteiger partial charge in [-0.15, -0.1) is 0 Å². The third-order valence-electron chi connectivity index (χ3n) is 4.52. The second-order valence-electron chi connectivity index (χ2n) is 6.23. The Kier molecular flexibility index (Phi) is 6.07. The third kappa shape index (κ3) is 4.20. The second kappa shape index (κ2) is 8.86. The number of benzene rings is 3. The number of carboxylic acids is 1. The topological polar surface area (TPSA) is 66.8 Å². The summed E-state index contributed by atoms with van der Waals surface area (Å²) >= 11 is 0. The number of carbonyl (C=O) groups excluding carboxylic acids is 1. The van der Waals surface area contributed by atoms with Gasteiger partial charge in [-0.2, -0.15) is 0 Å². The van der Waals surface area contributed by atoms with Crippen LogP contribution in [0.1, 0.15) is 21.5 Å². The van der Waals surface area contributed by atoms with Gasteiger partial charge in [0.2, 0.25) is 0 Å². The predicted octanol–water partition coefficient (Wildman–Crippen LogP) is 5.07. The number of carboxylic acid groups (broad SMARTS) is 1. The molecule has 0 fully saturated rings. The number of para-hydroxylation sites is 2. The SMILES string of the molecule is COC(=O)N(c1ccccc1)c1ccccc1CCc1ccccc1C(=O)O. The number of methoxy groups -OCH3 is 1. The number of amides is 1. The van der Waals surface area contributed by atoms with Crippen LogP contribution in [0.3, 0.4) is 0 Å². The van der Waals surface area contributed by atoms with E-state index in [0.29, 0.717) is 29.8 Å². The van der Waals surface area contributed by atoms with Crippen molar-refractivity contribution < 1.29 is 19.4 Å². The first-order chi connectivity index (χ1) is 13.6. The molecule has 5 nitrogen and oxygen atoms in total. The average Bonchev–Trinajstić information content (AvgIpc) is 2.74. The van der Waals surface area contributed by atoms with Gasteiger partial charge in [0, 0.05) is 0 Å². The number of ether oxygens (including phenoxy) is 1. The van der Waals surface area contributed by atoms with E-state index in [2.05, 4.69) is 0 Å². The van der Waals surface area contributed by atoms with Gasteiger partial charge in [-0.05, 0) is 48.2 Å². The van der Waals surface area contributed by atoms with Crippen molar-refractivity contribution in [1.29, 1.82) is 0 Å². The Balaban J connectivity index is 1.94. The maximum atomic E-state index is 12.5. The fourth-order valence-electron chi connectivity index (χ4n) is 3.17. The molecule has 0 radical (unpaired) electrons. The van der Waals surface area contributed by atoms with E-state index in [-0.39, 0.29) is 0 Å². The zero-order valence-electron chi connectivity index (χ0n) is 15.5. The number of anilines is 2. The van der Waals surface area contributed by atoms with Gasteiger partial charge >= 0.3 is 12.1 Å². The Morgan fingerprint density at radius 2 is 1.39 bits per heavy atom. The molecular weight excluding hydrogens is 354 g/mol. The summed E-state index contributed by atoms with van der Waals surface area (Å²) in [7, 11) is 1.35. The number of aromatic carboxylic acids is 1. The molecule has 142 valence electrons. The standard InChI is InChI=1S/C23H21NO4/c1-28-23(27)24(19-11-3-2-4-12-19)21-14-8-6-10-18(21)16-15-17-9-5-7-13-20(17)22(25)26/h2-14H,15-16H2,1H3,(H,25,26). The minimum atomic E-state index is -0.940. The van der Waals surface area contributed by atoms with E-state index < -0.39 is 12.1 Å². The quantitative estimate of drug-likeness (QED) is 0.653. The van der Waals surface area contributed by atoms with Gasteiger partial charge in [-0.3, -0.25) is 0 Å². The molecule has 0 unspecified atom stereocenters. The van der Waals surface area contributed by atoms with Crippen molar-refractivity contribution in [2.75, 3.05) is 12.0 Å². The van der Waals surface area contributed by atoms with E-state index in [0.717, 1.165) is 11.1 Å². The average molecular weight is 375 g/mol. The van der Waals surface area contributed by atoms with E-state index in [1.54, 1.807) is 12.1 Å². The first-order valence-corrected chi connectivity index (χ1v) is 8.94. The van der Waals surface area contributed by atoms with Crippen LogP contribution in [0.5, 0.6) is 0 Å². The van der Waals surface area contributed by atoms with Crippen LogP contribution in [-0.2, 0) is 17.6 Å². The third-order valence-corrected chi connectivity index (χ3v) is 4.52. The maximum absolute atomic E-state index is 12.5. The van der Waals surface area contributed by atoms with Crippen LogP contribution in [0.25, 0.3) is 0 Å². The number of aryl methyl sites for hydroxylation is 2. The molecule has 0 saturated carbocycles. The van der Waals surface area contributed by atoms with Crippen LogP contribution in [0.15, 0.2) is 78.9 Å². The molecule has 0 bridgehead atoms. The molecule has 0 aromatic heterocycles. The van der Waals surface area contributed by atoms with Gasteiger partial charge in [-0.1, -0.05) is 54.6 Å². The molecule has 0 aliphatic rings. The summed E-state index contributed by atoms with van der Waals surface area (Å²) in [6, 6.07) is 23.8. The lowest BCUT2D eigenvalue weighted by atomic mass is 9.98. The molecule has 0 spiro atoms. The van der Waals surface area contributed by atoms with Crippen LogP contribution < -0.4 is 4.90 Å². The lowest BCUT2D eigenvalue weighted by Crippen LogP contribution is -2.26. The molecule has 3 rings (SSSR count). The lowest BCUT2D eigenvalue weighted by Gasteiger charge is -2.24. The molecule has 0 heterocycles. The Labute approximate surface area is 163 Å². The molecule has 0 saturated heterocycles. The first kappa shape index (κ1) is 19.2. The summed E-state index contributed by atoms with van der Waals surface area (Å²) < 4.78 is 5.00. The molecule has 3 aromatic carbocycles. The summed E-state index contributed by atoms with van der Waals surface area (Å²) in [5.74, 6) is -0.940. The van der Waals surface area contributed by atoms with E-state index in [1.165, 1.54) is 12.0 Å². The molecular formula is C23H21NO4. The molecule has 3 aromatic rings. The fourth-order valence-corrected chi connectivity index (χ4v) is 3.17. The highest BCUT2D eigenvalue weighted by Gasteiger charge is 2.21. The van der Waals surface area contributed by atoms with Crippen LogP contribution in [0, 0.1) is 0 Å². The number of carbonyl (C=O) groups is 2. The predicted molar refractivity (Wildman–Crippen MR) is 108 cm³/mol. The van der Waals surface area contributed by atoms with Gasteiger partial charge in [0.05, 0.1) is 24.0 Å². The highest BCUT2D eigenvalue weighted by molar-refractivity contribution is 5.96. The number of hydrogen-bond acceptors (Lipinski definition) is 3. The summed E-state index contributed by atoms with van der Waals surface area (Å²) in [6.07, 6.45) is 0.647.